The highest BCUT2D eigenvalue weighted by molar-refractivity contribution is 7.10. The summed E-state index contributed by atoms with van der Waals surface area (Å²) in [6.45, 7) is 8.81. The Morgan fingerprint density at radius 1 is 1.17 bits per heavy atom. The maximum absolute atomic E-state index is 12.4. The standard InChI is InChI=1S/C23H31N3O3S/c1-23(2,3)29-16-18-6-4-5-17(13-18)14-25-22(28)24-10-7-21(27)26-11-8-20-19(15-26)9-12-30-20/h4-6,9,12-13H,7-8,10-11,14-16H2,1-3H3,(H2,24,25,28). The summed E-state index contributed by atoms with van der Waals surface area (Å²) < 4.78 is 5.80. The van der Waals surface area contributed by atoms with Gasteiger partial charge in [0.1, 0.15) is 0 Å². The zero-order chi connectivity index (χ0) is 21.6. The molecule has 30 heavy (non-hydrogen) atoms. The molecular weight excluding hydrogens is 398 g/mol. The molecule has 162 valence electrons. The third-order valence-corrected chi connectivity index (χ3v) is 5.92. The van der Waals surface area contributed by atoms with E-state index in [0.717, 1.165) is 24.1 Å². The molecule has 0 unspecified atom stereocenters. The number of carbonyl (C=O) groups is 2. The number of nitrogens with one attached hydrogen (secondary N) is 2. The molecule has 0 aliphatic carbocycles. The van der Waals surface area contributed by atoms with Crippen molar-refractivity contribution >= 4 is 23.3 Å². The van der Waals surface area contributed by atoms with Crippen LogP contribution in [0.15, 0.2) is 35.7 Å². The van der Waals surface area contributed by atoms with Gasteiger partial charge in [-0.1, -0.05) is 24.3 Å². The van der Waals surface area contributed by atoms with Gasteiger partial charge in [-0.25, -0.2) is 4.79 Å². The molecule has 3 rings (SSSR count). The lowest BCUT2D eigenvalue weighted by atomic mass is 10.1. The van der Waals surface area contributed by atoms with Crippen LogP contribution in [0.2, 0.25) is 0 Å². The Kier molecular flexibility index (Phi) is 7.50. The van der Waals surface area contributed by atoms with Crippen LogP contribution >= 0.6 is 11.3 Å². The Hall–Kier alpha value is -2.38. The number of hydrogen-bond acceptors (Lipinski definition) is 4. The highest BCUT2D eigenvalue weighted by Crippen LogP contribution is 2.24. The zero-order valence-corrected chi connectivity index (χ0v) is 18.8. The van der Waals surface area contributed by atoms with Crippen LogP contribution in [0.3, 0.4) is 0 Å². The van der Waals surface area contributed by atoms with Gasteiger partial charge >= 0.3 is 6.03 Å². The Morgan fingerprint density at radius 2 is 1.97 bits per heavy atom. The highest BCUT2D eigenvalue weighted by Gasteiger charge is 2.21. The maximum atomic E-state index is 12.4. The fourth-order valence-electron chi connectivity index (χ4n) is 3.28. The number of fused-ring (bicyclic) bond motifs is 1. The molecule has 0 atom stereocenters. The minimum atomic E-state index is -0.266. The molecule has 2 aromatic rings. The lowest BCUT2D eigenvalue weighted by Gasteiger charge is -2.27. The molecule has 0 saturated heterocycles. The summed E-state index contributed by atoms with van der Waals surface area (Å²) in [6.07, 6.45) is 1.24. The molecule has 0 spiro atoms. The summed E-state index contributed by atoms with van der Waals surface area (Å²) in [5, 5.41) is 7.70. The van der Waals surface area contributed by atoms with E-state index in [1.807, 2.05) is 49.9 Å². The van der Waals surface area contributed by atoms with Gasteiger partial charge in [-0.3, -0.25) is 4.79 Å². The number of amides is 3. The van der Waals surface area contributed by atoms with Crippen LogP contribution in [-0.2, 0) is 35.6 Å². The van der Waals surface area contributed by atoms with E-state index in [-0.39, 0.29) is 17.5 Å². The molecule has 2 heterocycles. The largest absolute Gasteiger partial charge is 0.371 e. The summed E-state index contributed by atoms with van der Waals surface area (Å²) >= 11 is 1.76. The van der Waals surface area contributed by atoms with Crippen molar-refractivity contribution in [3.05, 3.63) is 57.3 Å². The third-order valence-electron chi connectivity index (χ3n) is 4.90. The molecule has 1 aliphatic rings. The van der Waals surface area contributed by atoms with E-state index in [4.69, 9.17) is 4.74 Å². The van der Waals surface area contributed by atoms with E-state index < -0.39 is 0 Å². The van der Waals surface area contributed by atoms with Gasteiger partial charge in [-0.2, -0.15) is 0 Å². The van der Waals surface area contributed by atoms with Gasteiger partial charge in [0.05, 0.1) is 12.2 Å². The predicted molar refractivity (Wildman–Crippen MR) is 119 cm³/mol. The van der Waals surface area contributed by atoms with Crippen molar-refractivity contribution in [2.75, 3.05) is 13.1 Å². The molecule has 6 nitrogen and oxygen atoms in total. The second-order valence-corrected chi connectivity index (χ2v) is 9.52. The molecule has 0 saturated carbocycles. The molecule has 0 radical (unpaired) electrons. The van der Waals surface area contributed by atoms with Gasteiger partial charge in [0, 0.05) is 37.5 Å². The van der Waals surface area contributed by atoms with Crippen molar-refractivity contribution < 1.29 is 14.3 Å². The number of hydrogen-bond donors (Lipinski definition) is 2. The van der Waals surface area contributed by atoms with E-state index in [1.54, 1.807) is 11.3 Å². The molecule has 0 fully saturated rings. The maximum Gasteiger partial charge on any atom is 0.315 e. The second-order valence-electron chi connectivity index (χ2n) is 8.51. The monoisotopic (exact) mass is 429 g/mol. The molecule has 3 amide bonds. The predicted octanol–water partition coefficient (Wildman–Crippen LogP) is 3.84. The Bertz CT molecular complexity index is 873. The summed E-state index contributed by atoms with van der Waals surface area (Å²) in [7, 11) is 0. The van der Waals surface area contributed by atoms with Crippen molar-refractivity contribution in [2.45, 2.75) is 58.9 Å². The fourth-order valence-corrected chi connectivity index (χ4v) is 4.17. The normalized spacial score (nSPS) is 13.6. The first-order valence-electron chi connectivity index (χ1n) is 10.4. The molecule has 1 aliphatic heterocycles. The number of nitrogens with zero attached hydrogens (tertiary/aromatic N) is 1. The van der Waals surface area contributed by atoms with Gasteiger partial charge in [0.25, 0.3) is 0 Å². The first-order chi connectivity index (χ1) is 14.3. The van der Waals surface area contributed by atoms with E-state index in [0.29, 0.717) is 32.7 Å². The van der Waals surface area contributed by atoms with Gasteiger partial charge in [0.2, 0.25) is 5.91 Å². The van der Waals surface area contributed by atoms with Crippen LogP contribution in [-0.4, -0.2) is 35.5 Å². The molecule has 0 bridgehead atoms. The van der Waals surface area contributed by atoms with Crippen LogP contribution < -0.4 is 10.6 Å². The van der Waals surface area contributed by atoms with Crippen LogP contribution in [0.25, 0.3) is 0 Å². The van der Waals surface area contributed by atoms with Crippen LogP contribution in [0, 0.1) is 0 Å². The Balaban J connectivity index is 1.36. The minimum Gasteiger partial charge on any atom is -0.371 e. The number of thiophene rings is 1. The number of ether oxygens (including phenoxy) is 1. The number of rotatable bonds is 7. The van der Waals surface area contributed by atoms with E-state index >= 15 is 0 Å². The highest BCUT2D eigenvalue weighted by atomic mass is 32.1. The van der Waals surface area contributed by atoms with Crippen molar-refractivity contribution in [1.29, 1.82) is 0 Å². The lowest BCUT2D eigenvalue weighted by molar-refractivity contribution is -0.131. The van der Waals surface area contributed by atoms with Crippen molar-refractivity contribution in [1.82, 2.24) is 15.5 Å². The SMILES string of the molecule is CC(C)(C)OCc1cccc(CNC(=O)NCCC(=O)N2CCc3sccc3C2)c1. The lowest BCUT2D eigenvalue weighted by Crippen LogP contribution is -2.40. The van der Waals surface area contributed by atoms with Gasteiger partial charge in [-0.15, -0.1) is 11.3 Å². The van der Waals surface area contributed by atoms with Crippen molar-refractivity contribution in [3.8, 4) is 0 Å². The minimum absolute atomic E-state index is 0.0821. The molecule has 1 aromatic carbocycles. The van der Waals surface area contributed by atoms with Crippen molar-refractivity contribution in [2.24, 2.45) is 0 Å². The summed E-state index contributed by atoms with van der Waals surface area (Å²) in [4.78, 5) is 27.7. The number of carbonyl (C=O) groups excluding carboxylic acids is 2. The molecule has 7 heteroatoms. The quantitative estimate of drug-likeness (QED) is 0.703. The van der Waals surface area contributed by atoms with Crippen molar-refractivity contribution in [3.63, 3.8) is 0 Å². The fraction of sp³-hybridized carbons (Fsp3) is 0.478. The van der Waals surface area contributed by atoms with Gasteiger partial charge in [-0.05, 0) is 55.3 Å². The topological polar surface area (TPSA) is 70.7 Å². The van der Waals surface area contributed by atoms with E-state index in [2.05, 4.69) is 22.1 Å². The zero-order valence-electron chi connectivity index (χ0n) is 18.0. The summed E-state index contributed by atoms with van der Waals surface area (Å²) in [6, 6.07) is 9.81. The van der Waals surface area contributed by atoms with E-state index in [9.17, 15) is 9.59 Å². The van der Waals surface area contributed by atoms with Gasteiger partial charge in [0.15, 0.2) is 0 Å². The first-order valence-corrected chi connectivity index (χ1v) is 11.2. The molecular formula is C23H31N3O3S. The summed E-state index contributed by atoms with van der Waals surface area (Å²) in [5.41, 5.74) is 3.15. The van der Waals surface area contributed by atoms with Crippen LogP contribution in [0.1, 0.15) is 48.8 Å². The van der Waals surface area contributed by atoms with Crippen LogP contribution in [0.5, 0.6) is 0 Å². The first kappa shape index (κ1) is 22.3. The number of urea groups is 1. The average Bonchev–Trinajstić information content (AvgIpc) is 3.18. The number of benzene rings is 1. The average molecular weight is 430 g/mol. The smallest absolute Gasteiger partial charge is 0.315 e. The Labute approximate surface area is 182 Å². The summed E-state index contributed by atoms with van der Waals surface area (Å²) in [5.74, 6) is 0.0821. The molecule has 1 aromatic heterocycles. The van der Waals surface area contributed by atoms with E-state index in [1.165, 1.54) is 10.4 Å². The molecule has 2 N–H and O–H groups in total. The second kappa shape index (κ2) is 10.1. The van der Waals surface area contributed by atoms with Crippen LogP contribution in [0.4, 0.5) is 4.79 Å². The Morgan fingerprint density at radius 3 is 2.77 bits per heavy atom. The third kappa shape index (κ3) is 6.85. The van der Waals surface area contributed by atoms with Gasteiger partial charge < -0.3 is 20.3 Å².